The average molecular weight is 341 g/mol. The zero-order valence-electron chi connectivity index (χ0n) is 12.7. The smallest absolute Gasteiger partial charge is 0.241 e. The molecule has 0 fully saturated rings. The molecule has 0 radical (unpaired) electrons. The fraction of sp³-hybridized carbons (Fsp3) is 0.312. The summed E-state index contributed by atoms with van der Waals surface area (Å²) in [6, 6.07) is 8.42. The van der Waals surface area contributed by atoms with E-state index in [2.05, 4.69) is 5.32 Å². The molecule has 0 bridgehead atoms. The standard InChI is InChI=1S/C16H18Cl2N2O2/c1-10-4-5-15(22-10)9-20(3)11(2)16(21)19-14-7-12(17)6-13(18)8-14/h4-8,11H,9H2,1-3H3,(H,19,21)/t11-/m0/s1. The molecule has 2 aromatic rings. The molecule has 1 aromatic carbocycles. The molecule has 1 atom stereocenters. The van der Waals surface area contributed by atoms with Gasteiger partial charge in [0.2, 0.25) is 5.91 Å². The van der Waals surface area contributed by atoms with E-state index in [-0.39, 0.29) is 11.9 Å². The van der Waals surface area contributed by atoms with Crippen LogP contribution in [-0.4, -0.2) is 23.9 Å². The van der Waals surface area contributed by atoms with Crippen molar-refractivity contribution in [1.82, 2.24) is 4.90 Å². The third-order valence-corrected chi connectivity index (χ3v) is 3.81. The summed E-state index contributed by atoms with van der Waals surface area (Å²) in [4.78, 5) is 14.2. The minimum atomic E-state index is -0.330. The number of rotatable bonds is 5. The van der Waals surface area contributed by atoms with E-state index in [4.69, 9.17) is 27.6 Å². The minimum Gasteiger partial charge on any atom is -0.465 e. The van der Waals surface area contributed by atoms with Crippen molar-refractivity contribution in [3.63, 3.8) is 0 Å². The Labute approximate surface area is 140 Å². The Morgan fingerprint density at radius 2 is 1.91 bits per heavy atom. The Morgan fingerprint density at radius 3 is 2.45 bits per heavy atom. The number of nitrogens with zero attached hydrogens (tertiary/aromatic N) is 1. The van der Waals surface area contributed by atoms with Crippen molar-refractivity contribution in [2.24, 2.45) is 0 Å². The van der Waals surface area contributed by atoms with E-state index in [1.165, 1.54) is 0 Å². The number of hydrogen-bond acceptors (Lipinski definition) is 3. The van der Waals surface area contributed by atoms with E-state index >= 15 is 0 Å². The van der Waals surface area contributed by atoms with Gasteiger partial charge in [0.15, 0.2) is 0 Å². The molecule has 1 amide bonds. The van der Waals surface area contributed by atoms with Crippen LogP contribution in [0, 0.1) is 6.92 Å². The second-order valence-corrected chi connectivity index (χ2v) is 6.12. The molecular formula is C16H18Cl2N2O2. The van der Waals surface area contributed by atoms with Gasteiger partial charge in [0, 0.05) is 15.7 Å². The van der Waals surface area contributed by atoms with Gasteiger partial charge in [-0.1, -0.05) is 23.2 Å². The van der Waals surface area contributed by atoms with Crippen LogP contribution in [-0.2, 0) is 11.3 Å². The molecule has 0 aliphatic rings. The van der Waals surface area contributed by atoms with Crippen molar-refractivity contribution in [3.8, 4) is 0 Å². The summed E-state index contributed by atoms with van der Waals surface area (Å²) in [5, 5.41) is 3.78. The van der Waals surface area contributed by atoms with Crippen LogP contribution in [0.3, 0.4) is 0 Å². The zero-order valence-corrected chi connectivity index (χ0v) is 14.2. The maximum absolute atomic E-state index is 12.3. The molecule has 118 valence electrons. The first-order valence-electron chi connectivity index (χ1n) is 6.87. The zero-order chi connectivity index (χ0) is 16.3. The number of furan rings is 1. The summed E-state index contributed by atoms with van der Waals surface area (Å²) in [5.74, 6) is 1.55. The topological polar surface area (TPSA) is 45.5 Å². The minimum absolute atomic E-state index is 0.135. The highest BCUT2D eigenvalue weighted by atomic mass is 35.5. The predicted molar refractivity (Wildman–Crippen MR) is 89.5 cm³/mol. The Hall–Kier alpha value is -1.49. The molecule has 0 unspecified atom stereocenters. The van der Waals surface area contributed by atoms with E-state index in [0.717, 1.165) is 11.5 Å². The van der Waals surface area contributed by atoms with E-state index in [9.17, 15) is 4.79 Å². The number of nitrogens with one attached hydrogen (secondary N) is 1. The van der Waals surface area contributed by atoms with Gasteiger partial charge in [0.25, 0.3) is 0 Å². The summed E-state index contributed by atoms with van der Waals surface area (Å²) in [7, 11) is 1.87. The molecule has 0 aliphatic heterocycles. The summed E-state index contributed by atoms with van der Waals surface area (Å²) in [6.07, 6.45) is 0. The van der Waals surface area contributed by atoms with E-state index in [0.29, 0.717) is 22.3 Å². The molecular weight excluding hydrogens is 323 g/mol. The van der Waals surface area contributed by atoms with Crippen LogP contribution in [0.2, 0.25) is 10.0 Å². The normalized spacial score (nSPS) is 12.5. The van der Waals surface area contributed by atoms with Gasteiger partial charge in [-0.15, -0.1) is 0 Å². The van der Waals surface area contributed by atoms with Crippen molar-refractivity contribution in [2.75, 3.05) is 12.4 Å². The van der Waals surface area contributed by atoms with Crippen molar-refractivity contribution >= 4 is 34.8 Å². The Kier molecular flexibility index (Phi) is 5.51. The van der Waals surface area contributed by atoms with Crippen molar-refractivity contribution < 1.29 is 9.21 Å². The molecule has 2 rings (SSSR count). The lowest BCUT2D eigenvalue weighted by Gasteiger charge is -2.23. The molecule has 0 aliphatic carbocycles. The molecule has 4 nitrogen and oxygen atoms in total. The molecule has 1 heterocycles. The van der Waals surface area contributed by atoms with Crippen LogP contribution < -0.4 is 5.32 Å². The second kappa shape index (κ2) is 7.18. The third-order valence-electron chi connectivity index (χ3n) is 3.37. The largest absolute Gasteiger partial charge is 0.465 e. The van der Waals surface area contributed by atoms with Gasteiger partial charge in [-0.25, -0.2) is 0 Å². The lowest BCUT2D eigenvalue weighted by atomic mass is 10.2. The first kappa shape index (κ1) is 16.9. The number of benzene rings is 1. The van der Waals surface area contributed by atoms with Crippen LogP contribution in [0.4, 0.5) is 5.69 Å². The van der Waals surface area contributed by atoms with E-state index in [1.807, 2.05) is 37.9 Å². The molecule has 0 saturated carbocycles. The number of aryl methyl sites for hydroxylation is 1. The number of halogens is 2. The quantitative estimate of drug-likeness (QED) is 0.879. The van der Waals surface area contributed by atoms with Gasteiger partial charge in [-0.2, -0.15) is 0 Å². The van der Waals surface area contributed by atoms with Crippen LogP contribution in [0.25, 0.3) is 0 Å². The highest BCUT2D eigenvalue weighted by molar-refractivity contribution is 6.35. The number of carbonyl (C=O) groups is 1. The van der Waals surface area contributed by atoms with Gasteiger partial charge < -0.3 is 9.73 Å². The number of carbonyl (C=O) groups excluding carboxylic acids is 1. The van der Waals surface area contributed by atoms with Gasteiger partial charge >= 0.3 is 0 Å². The fourth-order valence-corrected chi connectivity index (χ4v) is 2.55. The molecule has 0 spiro atoms. The number of amides is 1. The van der Waals surface area contributed by atoms with Gasteiger partial charge in [-0.3, -0.25) is 9.69 Å². The second-order valence-electron chi connectivity index (χ2n) is 5.25. The number of likely N-dealkylation sites (N-methyl/N-ethyl adjacent to an activating group) is 1. The van der Waals surface area contributed by atoms with E-state index < -0.39 is 0 Å². The molecule has 1 N–H and O–H groups in total. The van der Waals surface area contributed by atoms with Crippen molar-refractivity contribution in [1.29, 1.82) is 0 Å². The Bertz CT molecular complexity index is 650. The number of anilines is 1. The van der Waals surface area contributed by atoms with Crippen LogP contribution in [0.15, 0.2) is 34.7 Å². The van der Waals surface area contributed by atoms with Crippen LogP contribution in [0.1, 0.15) is 18.4 Å². The number of hydrogen-bond donors (Lipinski definition) is 1. The van der Waals surface area contributed by atoms with Gasteiger partial charge in [-0.05, 0) is 51.2 Å². The van der Waals surface area contributed by atoms with Gasteiger partial charge in [0.1, 0.15) is 11.5 Å². The summed E-state index contributed by atoms with van der Waals surface area (Å²) >= 11 is 11.9. The highest BCUT2D eigenvalue weighted by Gasteiger charge is 2.19. The predicted octanol–water partition coefficient (Wildman–Crippen LogP) is 4.35. The summed E-state index contributed by atoms with van der Waals surface area (Å²) in [5.41, 5.74) is 0.580. The lowest BCUT2D eigenvalue weighted by molar-refractivity contribution is -0.120. The van der Waals surface area contributed by atoms with Crippen molar-refractivity contribution in [2.45, 2.75) is 26.4 Å². The lowest BCUT2D eigenvalue weighted by Crippen LogP contribution is -2.39. The first-order valence-corrected chi connectivity index (χ1v) is 7.63. The van der Waals surface area contributed by atoms with Crippen LogP contribution in [0.5, 0.6) is 0 Å². The SMILES string of the molecule is Cc1ccc(CN(C)[C@@H](C)C(=O)Nc2cc(Cl)cc(Cl)c2)o1. The fourth-order valence-electron chi connectivity index (χ4n) is 2.03. The molecule has 0 saturated heterocycles. The maximum atomic E-state index is 12.3. The first-order chi connectivity index (χ1) is 10.3. The van der Waals surface area contributed by atoms with Crippen LogP contribution >= 0.6 is 23.2 Å². The van der Waals surface area contributed by atoms with Gasteiger partial charge in [0.05, 0.1) is 12.6 Å². The Balaban J connectivity index is 1.98. The highest BCUT2D eigenvalue weighted by Crippen LogP contribution is 2.22. The maximum Gasteiger partial charge on any atom is 0.241 e. The Morgan fingerprint density at radius 1 is 1.27 bits per heavy atom. The van der Waals surface area contributed by atoms with Crippen molar-refractivity contribution in [3.05, 3.63) is 51.9 Å². The summed E-state index contributed by atoms with van der Waals surface area (Å²) in [6.45, 7) is 4.28. The van der Waals surface area contributed by atoms with E-state index in [1.54, 1.807) is 18.2 Å². The molecule has 6 heteroatoms. The molecule has 1 aromatic heterocycles. The summed E-state index contributed by atoms with van der Waals surface area (Å²) < 4.78 is 5.53. The molecule has 22 heavy (non-hydrogen) atoms. The third kappa shape index (κ3) is 4.50. The monoisotopic (exact) mass is 340 g/mol. The average Bonchev–Trinajstić information content (AvgIpc) is 2.81.